The smallest absolute Gasteiger partial charge is 0.416 e. The van der Waals surface area contributed by atoms with Crippen molar-refractivity contribution in [2.45, 2.75) is 150 Å². The summed E-state index contributed by atoms with van der Waals surface area (Å²) < 4.78 is 139. The van der Waals surface area contributed by atoms with Gasteiger partial charge in [0.1, 0.15) is 73.2 Å². The van der Waals surface area contributed by atoms with E-state index in [2.05, 4.69) is 5.32 Å². The molecular formula is C96H96F2N2O16S. The van der Waals surface area contributed by atoms with Crippen LogP contribution in [0.25, 0.3) is 0 Å². The van der Waals surface area contributed by atoms with E-state index in [1.807, 2.05) is 243 Å². The number of cyclic esters (lactones) is 1. The van der Waals surface area contributed by atoms with Crippen LogP contribution >= 0.6 is 0 Å². The molecule has 2 amide bonds. The molecule has 11 aromatic rings. The molecule has 14 atom stereocenters. The molecule has 3 aliphatic rings. The molecule has 11 aromatic carbocycles. The zero-order chi connectivity index (χ0) is 80.6. The summed E-state index contributed by atoms with van der Waals surface area (Å²) in [6.45, 7) is 0.467. The number of anilines is 1. The lowest BCUT2D eigenvalue weighted by molar-refractivity contribution is -0.362. The highest BCUT2D eigenvalue weighted by Gasteiger charge is 2.55. The average molecular weight is 1600 g/mol. The molecule has 0 aromatic heterocycles. The summed E-state index contributed by atoms with van der Waals surface area (Å²) in [7, 11) is -4.49. The Bertz CT molecular complexity index is 4940. The van der Waals surface area contributed by atoms with Gasteiger partial charge in [-0.25, -0.2) is 26.9 Å². The van der Waals surface area contributed by atoms with Crippen LogP contribution < -0.4 is 5.32 Å². The van der Waals surface area contributed by atoms with Crippen molar-refractivity contribution < 1.29 is 84.0 Å². The zero-order valence-corrected chi connectivity index (χ0v) is 65.5. The molecule has 0 bridgehead atoms. The number of aliphatic hydroxyl groups is 1. The Kier molecular flexibility index (Phi) is 29.5. The number of ether oxygens (including phenoxy) is 11. The minimum absolute atomic E-state index is 0.00282. The predicted molar refractivity (Wildman–Crippen MR) is 437 cm³/mol. The van der Waals surface area contributed by atoms with Crippen molar-refractivity contribution >= 4 is 27.5 Å². The van der Waals surface area contributed by atoms with Crippen LogP contribution in [0.1, 0.15) is 80.6 Å². The van der Waals surface area contributed by atoms with E-state index in [1.165, 1.54) is 60.7 Å². The number of aliphatic hydroxyl groups excluding tert-OH is 1. The number of benzene rings is 11. The fourth-order valence-electron chi connectivity index (χ4n) is 15.1. The van der Waals surface area contributed by atoms with Crippen molar-refractivity contribution in [1.29, 1.82) is 0 Å². The van der Waals surface area contributed by atoms with Crippen LogP contribution in [0, 0.1) is 17.6 Å². The number of hydrogen-bond acceptors (Lipinski definition) is 17. The third kappa shape index (κ3) is 23.0. The number of amides is 2. The van der Waals surface area contributed by atoms with Crippen molar-refractivity contribution in [2.24, 2.45) is 5.92 Å². The molecule has 14 rings (SSSR count). The molecule has 21 heteroatoms. The van der Waals surface area contributed by atoms with Crippen LogP contribution in [0.4, 0.5) is 19.3 Å². The van der Waals surface area contributed by atoms with Gasteiger partial charge in [0.15, 0.2) is 16.1 Å². The average Bonchev–Trinajstić information content (AvgIpc) is 1.02. The fourth-order valence-corrected chi connectivity index (χ4v) is 16.6. The summed E-state index contributed by atoms with van der Waals surface area (Å²) in [6.07, 6.45) is -13.1. The number of nitrogens with zero attached hydrogens (tertiary/aromatic N) is 1. The Balaban J connectivity index is 0.847. The van der Waals surface area contributed by atoms with E-state index in [1.54, 1.807) is 12.1 Å². The second kappa shape index (κ2) is 41.6. The number of hydrogen-bond donors (Lipinski definition) is 2. The normalized spacial score (nSPS) is 21.5. The molecular weight excluding hydrogens is 1510 g/mol. The van der Waals surface area contributed by atoms with Crippen molar-refractivity contribution in [1.82, 2.24) is 4.90 Å². The first-order chi connectivity index (χ1) is 57.3. The second-order valence-electron chi connectivity index (χ2n) is 29.5. The summed E-state index contributed by atoms with van der Waals surface area (Å²) in [5, 5.41) is 15.2. The summed E-state index contributed by atoms with van der Waals surface area (Å²) in [5.74, 6) is -3.54. The van der Waals surface area contributed by atoms with E-state index in [0.717, 1.165) is 49.4 Å². The molecule has 3 aliphatic heterocycles. The third-order valence-electron chi connectivity index (χ3n) is 21.2. The summed E-state index contributed by atoms with van der Waals surface area (Å²) >= 11 is 0. The van der Waals surface area contributed by atoms with Crippen molar-refractivity contribution in [3.8, 4) is 0 Å². The topological polar surface area (TPSA) is 205 Å². The number of sulfone groups is 1. The molecule has 606 valence electrons. The van der Waals surface area contributed by atoms with Gasteiger partial charge in [-0.2, -0.15) is 0 Å². The van der Waals surface area contributed by atoms with Gasteiger partial charge in [0.25, 0.3) is 0 Å². The maximum Gasteiger partial charge on any atom is 0.416 e. The first-order valence-corrected chi connectivity index (χ1v) is 41.3. The number of imide groups is 1. The Hall–Kier alpha value is -10.5. The lowest BCUT2D eigenvalue weighted by Crippen LogP contribution is -2.66. The molecule has 18 nitrogen and oxygen atoms in total. The Morgan fingerprint density at radius 1 is 0.427 bits per heavy atom. The molecule has 0 aliphatic carbocycles. The molecule has 117 heavy (non-hydrogen) atoms. The van der Waals surface area contributed by atoms with E-state index in [4.69, 9.17) is 52.1 Å². The van der Waals surface area contributed by atoms with Crippen molar-refractivity contribution in [2.75, 3.05) is 30.9 Å². The van der Waals surface area contributed by atoms with Crippen LogP contribution in [0.3, 0.4) is 0 Å². The first kappa shape index (κ1) is 83.0. The maximum absolute atomic E-state index is 16.0. The van der Waals surface area contributed by atoms with Crippen LogP contribution in [0.5, 0.6) is 0 Å². The van der Waals surface area contributed by atoms with E-state index in [9.17, 15) is 18.7 Å². The largest absolute Gasteiger partial charge is 0.447 e. The van der Waals surface area contributed by atoms with Crippen LogP contribution in [0.15, 0.2) is 320 Å². The lowest BCUT2D eigenvalue weighted by Gasteiger charge is -2.50. The molecule has 3 fully saturated rings. The third-order valence-corrected chi connectivity index (χ3v) is 23.0. The van der Waals surface area contributed by atoms with Gasteiger partial charge in [0, 0.05) is 5.69 Å². The first-order valence-electron chi connectivity index (χ1n) is 39.6. The highest BCUT2D eigenvalue weighted by atomic mass is 32.2. The monoisotopic (exact) mass is 1600 g/mol. The Labute approximate surface area is 682 Å². The van der Waals surface area contributed by atoms with Crippen LogP contribution in [-0.2, 0) is 119 Å². The Morgan fingerprint density at radius 2 is 0.803 bits per heavy atom. The van der Waals surface area contributed by atoms with E-state index in [0.29, 0.717) is 16.8 Å². The van der Waals surface area contributed by atoms with Gasteiger partial charge in [-0.05, 0) is 123 Å². The molecule has 0 spiro atoms. The molecule has 3 saturated heterocycles. The van der Waals surface area contributed by atoms with Crippen molar-refractivity contribution in [3.05, 3.63) is 383 Å². The fraction of sp³-hybridized carbons (Fsp3) is 0.292. The molecule has 3 heterocycles. The minimum atomic E-state index is -4.49. The number of rotatable bonds is 39. The second-order valence-corrected chi connectivity index (χ2v) is 31.6. The SMILES string of the molecule is O=C1OC[C@H](Cc2ccccc2)N1C(=O)[C@H](CC[C@H](O)c1ccc(F)cc1)[C@H](Nc1ccc(F)cc1)c1ccc(S(=O)(=O)CC2OC(COCc3ccccc3)[C@H](OC3OC(COCc4ccccc4)[C@H](OCc4ccccc4)[C@H](OCc4ccccc4)[C@H]3OCc3ccccc3)[C@H](OCc3ccccc3)[C@H]2OCc2ccccc2)cc1. The molecule has 0 saturated carbocycles. The van der Waals surface area contributed by atoms with E-state index < -0.39 is 125 Å². The molecule has 0 radical (unpaired) electrons. The highest BCUT2D eigenvalue weighted by Crippen LogP contribution is 2.41. The number of nitrogens with one attached hydrogen (secondary N) is 1. The predicted octanol–water partition coefficient (Wildman–Crippen LogP) is 16.8. The van der Waals surface area contributed by atoms with Gasteiger partial charge >= 0.3 is 6.09 Å². The summed E-state index contributed by atoms with van der Waals surface area (Å²) in [6, 6.07) is 92.5. The number of carbonyl (C=O) groups is 2. The van der Waals surface area contributed by atoms with Gasteiger partial charge < -0.3 is 62.5 Å². The van der Waals surface area contributed by atoms with E-state index >= 15 is 13.2 Å². The zero-order valence-electron chi connectivity index (χ0n) is 64.7. The van der Waals surface area contributed by atoms with Gasteiger partial charge in [-0.3, -0.25) is 4.79 Å². The summed E-state index contributed by atoms with van der Waals surface area (Å²) in [5.41, 5.74) is 8.03. The number of halogens is 2. The molecule has 2 N–H and O–H groups in total. The highest BCUT2D eigenvalue weighted by molar-refractivity contribution is 7.91. The van der Waals surface area contributed by atoms with Crippen molar-refractivity contribution in [3.63, 3.8) is 0 Å². The minimum Gasteiger partial charge on any atom is -0.447 e. The number of carbonyl (C=O) groups excluding carboxylic acids is 2. The lowest BCUT2D eigenvalue weighted by atomic mass is 9.85. The van der Waals surface area contributed by atoms with Crippen LogP contribution in [0.2, 0.25) is 0 Å². The van der Waals surface area contributed by atoms with Gasteiger partial charge in [0.05, 0.1) is 94.2 Å². The van der Waals surface area contributed by atoms with Gasteiger partial charge in [-0.1, -0.05) is 267 Å². The van der Waals surface area contributed by atoms with Gasteiger partial charge in [0.2, 0.25) is 5.91 Å². The van der Waals surface area contributed by atoms with Gasteiger partial charge in [-0.15, -0.1) is 0 Å². The molecule has 4 unspecified atom stereocenters. The van der Waals surface area contributed by atoms with E-state index in [-0.39, 0.29) is 90.2 Å². The quantitative estimate of drug-likeness (QED) is 0.0367. The summed E-state index contributed by atoms with van der Waals surface area (Å²) in [4.78, 5) is 30.6. The maximum atomic E-state index is 16.0. The van der Waals surface area contributed by atoms with Crippen LogP contribution in [-0.4, -0.2) is 123 Å². The standard InChI is InChI=1S/C96H96F2N2O16S/c97-77-45-41-75(42-46-77)83(101)54-53-82(94(102)100-80(63-113-96(100)103)55-67-25-9-1-10-26-67)87(99-79-49-47-78(98)48-50-79)76-43-51-81(52-44-76)117(104,105)66-86-89(109-59-71-33-17-5-18-34-71)91(110-60-72-35-19-6-20-36-72)90(85(114-86)65-107-57-69-29-13-3-14-30-69)116-95-93(112-62-74-39-23-8-24-40-74)92(111-61-73-37-21-7-22-38-73)88(108-58-70-31-15-4-16-32-70)84(115-95)64-106-56-68-27-11-2-12-28-68/h1-52,80,82-93,95,99,101H,53-66H2/t80-,82+,83-,84?,85?,86?,87+,88-,89-,90-,91+,92-,93+,95?/m0/s1. The Morgan fingerprint density at radius 3 is 1.26 bits per heavy atom.